The number of nitrogens with zero attached hydrogens (tertiary/aromatic N) is 6. The summed E-state index contributed by atoms with van der Waals surface area (Å²) in [5.74, 6) is 2.63. The van der Waals surface area contributed by atoms with Crippen LogP contribution in [-0.4, -0.2) is 64.1 Å². The molecule has 4 aromatic rings. The third kappa shape index (κ3) is 5.64. The van der Waals surface area contributed by atoms with Gasteiger partial charge in [-0.2, -0.15) is 0 Å². The first-order valence-electron chi connectivity index (χ1n) is 14.5. The monoisotopic (exact) mass is 523 g/mol. The molecule has 0 spiro atoms. The molecule has 2 aromatic carbocycles. The normalized spacial score (nSPS) is 17.7. The van der Waals surface area contributed by atoms with E-state index in [0.29, 0.717) is 0 Å². The smallest absolute Gasteiger partial charge is 0.225 e. The Labute approximate surface area is 232 Å². The van der Waals surface area contributed by atoms with Gasteiger partial charge in [-0.3, -0.25) is 4.90 Å². The number of hydrogen-bond acceptors (Lipinski definition) is 6. The minimum absolute atomic E-state index is 0.142. The molecule has 0 atom stereocenters. The van der Waals surface area contributed by atoms with Crippen molar-refractivity contribution in [3.8, 4) is 11.4 Å². The molecule has 0 bridgehead atoms. The molecule has 0 saturated carbocycles. The van der Waals surface area contributed by atoms with Crippen molar-refractivity contribution in [2.24, 2.45) is 5.92 Å². The second kappa shape index (κ2) is 10.6. The lowest BCUT2D eigenvalue weighted by Crippen LogP contribution is -2.46. The molecule has 2 saturated heterocycles. The molecule has 2 aliphatic rings. The number of piperazine rings is 1. The third-order valence-corrected chi connectivity index (χ3v) is 8.39. The van der Waals surface area contributed by atoms with Gasteiger partial charge in [0.1, 0.15) is 5.82 Å². The van der Waals surface area contributed by atoms with Gasteiger partial charge in [0.05, 0.1) is 22.4 Å². The van der Waals surface area contributed by atoms with E-state index in [0.717, 1.165) is 85.8 Å². The van der Waals surface area contributed by atoms with E-state index in [1.54, 1.807) is 0 Å². The van der Waals surface area contributed by atoms with Crippen LogP contribution in [0.1, 0.15) is 51.8 Å². The number of nitrogens with one attached hydrogen (secondary N) is 1. The van der Waals surface area contributed by atoms with Gasteiger partial charge in [-0.15, -0.1) is 0 Å². The van der Waals surface area contributed by atoms with Gasteiger partial charge in [0.25, 0.3) is 0 Å². The lowest BCUT2D eigenvalue weighted by Gasteiger charge is -2.36. The molecule has 2 fully saturated rings. The van der Waals surface area contributed by atoms with Crippen LogP contribution in [0.15, 0.2) is 54.7 Å². The summed E-state index contributed by atoms with van der Waals surface area (Å²) in [6.07, 6.45) is 4.38. The molecule has 4 heterocycles. The Morgan fingerprint density at radius 1 is 0.846 bits per heavy atom. The molecule has 6 rings (SSSR count). The van der Waals surface area contributed by atoms with Crippen LogP contribution in [0, 0.1) is 5.92 Å². The number of piperidine rings is 1. The second-order valence-corrected chi connectivity index (χ2v) is 12.4. The zero-order valence-corrected chi connectivity index (χ0v) is 23.8. The fraction of sp³-hybridized carbons (Fsp3) is 0.469. The number of imidazole rings is 1. The average molecular weight is 524 g/mol. The second-order valence-electron chi connectivity index (χ2n) is 12.4. The van der Waals surface area contributed by atoms with Crippen LogP contribution in [0.4, 0.5) is 11.6 Å². The number of benzene rings is 2. The van der Waals surface area contributed by atoms with Crippen LogP contribution in [0.25, 0.3) is 22.4 Å². The maximum Gasteiger partial charge on any atom is 0.225 e. The number of anilines is 2. The number of fused-ring (bicyclic) bond motifs is 1. The van der Waals surface area contributed by atoms with Gasteiger partial charge in [-0.05, 0) is 47.9 Å². The van der Waals surface area contributed by atoms with Gasteiger partial charge in [0.2, 0.25) is 5.95 Å². The maximum absolute atomic E-state index is 4.94. The van der Waals surface area contributed by atoms with Gasteiger partial charge in [0, 0.05) is 57.6 Å². The summed E-state index contributed by atoms with van der Waals surface area (Å²) in [7, 11) is 0. The van der Waals surface area contributed by atoms with E-state index in [1.165, 1.54) is 24.1 Å². The highest BCUT2D eigenvalue weighted by atomic mass is 15.3. The zero-order valence-electron chi connectivity index (χ0n) is 23.8. The Morgan fingerprint density at radius 2 is 1.59 bits per heavy atom. The van der Waals surface area contributed by atoms with E-state index in [4.69, 9.17) is 9.97 Å². The van der Waals surface area contributed by atoms with E-state index in [9.17, 15) is 0 Å². The van der Waals surface area contributed by atoms with Crippen LogP contribution >= 0.6 is 0 Å². The molecule has 204 valence electrons. The first-order chi connectivity index (χ1) is 18.8. The highest BCUT2D eigenvalue weighted by Crippen LogP contribution is 2.31. The summed E-state index contributed by atoms with van der Waals surface area (Å²) >= 11 is 0. The molecule has 1 N–H and O–H groups in total. The fourth-order valence-corrected chi connectivity index (χ4v) is 5.75. The van der Waals surface area contributed by atoms with Gasteiger partial charge in [-0.1, -0.05) is 58.0 Å². The largest absolute Gasteiger partial charge is 0.367 e. The molecule has 0 unspecified atom stereocenters. The Kier molecular flexibility index (Phi) is 7.02. The van der Waals surface area contributed by atoms with Gasteiger partial charge >= 0.3 is 0 Å². The van der Waals surface area contributed by atoms with Crippen molar-refractivity contribution >= 4 is 22.7 Å². The van der Waals surface area contributed by atoms with Crippen molar-refractivity contribution in [2.45, 2.75) is 52.5 Å². The van der Waals surface area contributed by atoms with Crippen molar-refractivity contribution in [1.29, 1.82) is 0 Å². The lowest BCUT2D eigenvalue weighted by atomic mass is 9.87. The summed E-state index contributed by atoms with van der Waals surface area (Å²) in [5.41, 5.74) is 7.09. The highest BCUT2D eigenvalue weighted by molar-refractivity contribution is 5.91. The summed E-state index contributed by atoms with van der Waals surface area (Å²) in [4.78, 5) is 25.4. The fourth-order valence-electron chi connectivity index (χ4n) is 5.75. The molecular formula is C32H41N7. The Bertz CT molecular complexity index is 1400. The molecular weight excluding hydrogens is 482 g/mol. The molecule has 39 heavy (non-hydrogen) atoms. The van der Waals surface area contributed by atoms with E-state index in [2.05, 4.69) is 101 Å². The Balaban J connectivity index is 1.12. The minimum atomic E-state index is 0.142. The van der Waals surface area contributed by atoms with Crippen LogP contribution in [-0.2, 0) is 12.0 Å². The van der Waals surface area contributed by atoms with Crippen LogP contribution in [0.5, 0.6) is 0 Å². The van der Waals surface area contributed by atoms with E-state index in [1.807, 2.05) is 6.20 Å². The number of para-hydroxylation sites is 1. The van der Waals surface area contributed by atoms with Crippen LogP contribution in [0.2, 0.25) is 0 Å². The summed E-state index contributed by atoms with van der Waals surface area (Å²) in [5, 5.41) is 0. The first-order valence-corrected chi connectivity index (χ1v) is 14.5. The van der Waals surface area contributed by atoms with Gasteiger partial charge < -0.3 is 14.8 Å². The lowest BCUT2D eigenvalue weighted by molar-refractivity contribution is 0.247. The van der Waals surface area contributed by atoms with Gasteiger partial charge in [0.15, 0.2) is 0 Å². The maximum atomic E-state index is 4.94. The molecule has 7 nitrogen and oxygen atoms in total. The Hall–Kier alpha value is -3.45. The van der Waals surface area contributed by atoms with E-state index < -0.39 is 0 Å². The molecule has 0 aliphatic carbocycles. The first kappa shape index (κ1) is 25.8. The number of H-pyrrole nitrogens is 1. The van der Waals surface area contributed by atoms with Crippen molar-refractivity contribution in [3.05, 3.63) is 66.0 Å². The van der Waals surface area contributed by atoms with Crippen LogP contribution in [0.3, 0.4) is 0 Å². The third-order valence-electron chi connectivity index (χ3n) is 8.39. The molecule has 0 amide bonds. The summed E-state index contributed by atoms with van der Waals surface area (Å²) in [6, 6.07) is 17.3. The molecule has 0 radical (unpaired) electrons. The topological polar surface area (TPSA) is 64.2 Å². The number of hydrogen-bond donors (Lipinski definition) is 1. The zero-order chi connectivity index (χ0) is 27.0. The van der Waals surface area contributed by atoms with Gasteiger partial charge in [-0.25, -0.2) is 15.0 Å². The molecule has 2 aromatic heterocycles. The number of rotatable bonds is 5. The standard InChI is InChI=1S/C32H41N7/c1-23-13-16-39(17-14-23)31-33-15-12-26(34-31)22-37-18-20-38(21-19-37)28-7-5-6-27-29(28)36-30(35-27)24-8-10-25(11-9-24)32(2,3)4/h5-12,15,23H,13-14,16-22H2,1-4H3,(H,35,36). The number of aromatic amines is 1. The number of aromatic nitrogens is 4. The Morgan fingerprint density at radius 3 is 2.31 bits per heavy atom. The predicted octanol–water partition coefficient (Wildman–Crippen LogP) is 5.88. The molecule has 2 aliphatic heterocycles. The quantitative estimate of drug-likeness (QED) is 0.353. The van der Waals surface area contributed by atoms with Crippen molar-refractivity contribution in [1.82, 2.24) is 24.8 Å². The SMILES string of the molecule is CC1CCN(c2nccc(CN3CCN(c4cccc5nc(-c6ccc(C(C)(C)C)cc6)[nH]c45)CC3)n2)CC1. The van der Waals surface area contributed by atoms with Crippen molar-refractivity contribution in [2.75, 3.05) is 49.1 Å². The van der Waals surface area contributed by atoms with Crippen LogP contribution < -0.4 is 9.80 Å². The van der Waals surface area contributed by atoms with Crippen molar-refractivity contribution < 1.29 is 0 Å². The van der Waals surface area contributed by atoms with E-state index in [-0.39, 0.29) is 5.41 Å². The summed E-state index contributed by atoms with van der Waals surface area (Å²) in [6.45, 7) is 16.0. The van der Waals surface area contributed by atoms with E-state index >= 15 is 0 Å². The summed E-state index contributed by atoms with van der Waals surface area (Å²) < 4.78 is 0. The van der Waals surface area contributed by atoms with Crippen molar-refractivity contribution in [3.63, 3.8) is 0 Å². The average Bonchev–Trinajstić information content (AvgIpc) is 3.39. The highest BCUT2D eigenvalue weighted by Gasteiger charge is 2.22. The predicted molar refractivity (Wildman–Crippen MR) is 160 cm³/mol. The molecule has 7 heteroatoms. The minimum Gasteiger partial charge on any atom is -0.367 e.